The quantitative estimate of drug-likeness (QED) is 0.703. The van der Waals surface area contributed by atoms with Crippen LogP contribution in [0, 0.1) is 0 Å². The SMILES string of the molecule is COc1ccc(CC(=O)NCC(c2ccccc2OC)N2CCCC2)cc1OC. The fourth-order valence-corrected chi connectivity index (χ4v) is 3.88. The summed E-state index contributed by atoms with van der Waals surface area (Å²) in [5.74, 6) is 2.12. The molecule has 1 N–H and O–H groups in total. The number of likely N-dealkylation sites (tertiary alicyclic amines) is 1. The van der Waals surface area contributed by atoms with Crippen LogP contribution < -0.4 is 19.5 Å². The minimum atomic E-state index is -0.0173. The minimum absolute atomic E-state index is 0.0173. The summed E-state index contributed by atoms with van der Waals surface area (Å²) in [5.41, 5.74) is 2.00. The van der Waals surface area contributed by atoms with Gasteiger partial charge in [0.2, 0.25) is 5.91 Å². The summed E-state index contributed by atoms with van der Waals surface area (Å²) in [7, 11) is 4.88. The van der Waals surface area contributed by atoms with Crippen LogP contribution in [-0.4, -0.2) is 51.8 Å². The van der Waals surface area contributed by atoms with Gasteiger partial charge >= 0.3 is 0 Å². The highest BCUT2D eigenvalue weighted by Gasteiger charge is 2.26. The van der Waals surface area contributed by atoms with E-state index in [1.807, 2.05) is 36.4 Å². The van der Waals surface area contributed by atoms with Crippen molar-refractivity contribution in [3.63, 3.8) is 0 Å². The van der Waals surface area contributed by atoms with Crippen molar-refractivity contribution < 1.29 is 19.0 Å². The topological polar surface area (TPSA) is 60.0 Å². The van der Waals surface area contributed by atoms with E-state index in [1.54, 1.807) is 21.3 Å². The number of benzene rings is 2. The van der Waals surface area contributed by atoms with Gasteiger partial charge in [-0.05, 0) is 49.7 Å². The molecule has 0 spiro atoms. The van der Waals surface area contributed by atoms with Crippen LogP contribution in [0.5, 0.6) is 17.2 Å². The Bertz CT molecular complexity index is 818. The van der Waals surface area contributed by atoms with Gasteiger partial charge in [-0.25, -0.2) is 0 Å². The molecule has 0 bridgehead atoms. The predicted octanol–water partition coefficient (Wildman–Crippen LogP) is 3.21. The van der Waals surface area contributed by atoms with E-state index < -0.39 is 0 Å². The summed E-state index contributed by atoms with van der Waals surface area (Å²) >= 11 is 0. The Balaban J connectivity index is 1.68. The monoisotopic (exact) mass is 398 g/mol. The zero-order valence-electron chi connectivity index (χ0n) is 17.4. The molecule has 1 aliphatic rings. The number of carbonyl (C=O) groups is 1. The van der Waals surface area contributed by atoms with Crippen LogP contribution in [0.2, 0.25) is 0 Å². The number of nitrogens with zero attached hydrogens (tertiary/aromatic N) is 1. The van der Waals surface area contributed by atoms with Gasteiger partial charge in [0.15, 0.2) is 11.5 Å². The van der Waals surface area contributed by atoms with Gasteiger partial charge in [0.1, 0.15) is 5.75 Å². The first-order valence-corrected chi connectivity index (χ1v) is 10.0. The average molecular weight is 399 g/mol. The first kappa shape index (κ1) is 21.0. The van der Waals surface area contributed by atoms with Crippen LogP contribution in [0.3, 0.4) is 0 Å². The van der Waals surface area contributed by atoms with Crippen LogP contribution in [0.25, 0.3) is 0 Å². The second-order valence-electron chi connectivity index (χ2n) is 7.17. The van der Waals surface area contributed by atoms with Crippen molar-refractivity contribution in [2.45, 2.75) is 25.3 Å². The maximum absolute atomic E-state index is 12.6. The summed E-state index contributed by atoms with van der Waals surface area (Å²) in [6.45, 7) is 2.62. The Hall–Kier alpha value is -2.73. The molecule has 1 amide bonds. The third kappa shape index (κ3) is 5.21. The minimum Gasteiger partial charge on any atom is -0.496 e. The van der Waals surface area contributed by atoms with E-state index in [2.05, 4.69) is 16.3 Å². The molecule has 29 heavy (non-hydrogen) atoms. The third-order valence-electron chi connectivity index (χ3n) is 5.38. The first-order valence-electron chi connectivity index (χ1n) is 10.0. The predicted molar refractivity (Wildman–Crippen MR) is 113 cm³/mol. The lowest BCUT2D eigenvalue weighted by atomic mass is 10.0. The Morgan fingerprint density at radius 2 is 1.66 bits per heavy atom. The number of hydrogen-bond donors (Lipinski definition) is 1. The summed E-state index contributed by atoms with van der Waals surface area (Å²) in [6.07, 6.45) is 2.66. The lowest BCUT2D eigenvalue weighted by Gasteiger charge is -2.29. The van der Waals surface area contributed by atoms with E-state index in [0.29, 0.717) is 24.5 Å². The smallest absolute Gasteiger partial charge is 0.224 e. The Morgan fingerprint density at radius 1 is 0.966 bits per heavy atom. The first-order chi connectivity index (χ1) is 14.2. The molecule has 0 aromatic heterocycles. The van der Waals surface area contributed by atoms with Crippen LogP contribution in [0.1, 0.15) is 30.0 Å². The number of hydrogen-bond acceptors (Lipinski definition) is 5. The number of carbonyl (C=O) groups excluding carboxylic acids is 1. The molecule has 1 saturated heterocycles. The van der Waals surface area contributed by atoms with E-state index in [4.69, 9.17) is 14.2 Å². The van der Waals surface area contributed by atoms with E-state index >= 15 is 0 Å². The van der Waals surface area contributed by atoms with Crippen molar-refractivity contribution in [1.82, 2.24) is 10.2 Å². The van der Waals surface area contributed by atoms with Crippen LogP contribution in [0.4, 0.5) is 0 Å². The molecule has 6 heteroatoms. The molecular weight excluding hydrogens is 368 g/mol. The van der Waals surface area contributed by atoms with Crippen molar-refractivity contribution in [3.8, 4) is 17.2 Å². The van der Waals surface area contributed by atoms with Gasteiger partial charge in [-0.15, -0.1) is 0 Å². The van der Waals surface area contributed by atoms with Gasteiger partial charge in [0.25, 0.3) is 0 Å². The highest BCUT2D eigenvalue weighted by molar-refractivity contribution is 5.78. The van der Waals surface area contributed by atoms with Crippen molar-refractivity contribution in [2.75, 3.05) is 41.0 Å². The van der Waals surface area contributed by atoms with Crippen LogP contribution >= 0.6 is 0 Å². The fraction of sp³-hybridized carbons (Fsp3) is 0.435. The van der Waals surface area contributed by atoms with E-state index in [0.717, 1.165) is 30.0 Å². The summed E-state index contributed by atoms with van der Waals surface area (Å²) in [5, 5.41) is 3.12. The maximum atomic E-state index is 12.6. The average Bonchev–Trinajstić information content (AvgIpc) is 3.28. The van der Waals surface area contributed by atoms with Crippen LogP contribution in [-0.2, 0) is 11.2 Å². The summed E-state index contributed by atoms with van der Waals surface area (Å²) < 4.78 is 16.2. The fourth-order valence-electron chi connectivity index (χ4n) is 3.88. The van der Waals surface area contributed by atoms with Gasteiger partial charge in [0, 0.05) is 12.1 Å². The molecule has 6 nitrogen and oxygen atoms in total. The van der Waals surface area contributed by atoms with Crippen molar-refractivity contribution in [3.05, 3.63) is 53.6 Å². The second-order valence-corrected chi connectivity index (χ2v) is 7.17. The van der Waals surface area contributed by atoms with Gasteiger partial charge in [-0.3, -0.25) is 9.69 Å². The number of para-hydroxylation sites is 1. The van der Waals surface area contributed by atoms with Gasteiger partial charge in [-0.2, -0.15) is 0 Å². The molecule has 1 heterocycles. The number of rotatable bonds is 9. The van der Waals surface area contributed by atoms with Crippen molar-refractivity contribution in [2.24, 2.45) is 0 Å². The second kappa shape index (κ2) is 10.2. The van der Waals surface area contributed by atoms with Crippen molar-refractivity contribution >= 4 is 5.91 Å². The highest BCUT2D eigenvalue weighted by atomic mass is 16.5. The summed E-state index contributed by atoms with van der Waals surface area (Å²) in [6, 6.07) is 13.7. The Morgan fingerprint density at radius 3 is 2.34 bits per heavy atom. The van der Waals surface area contributed by atoms with E-state index in [9.17, 15) is 4.79 Å². The molecule has 1 aliphatic heterocycles. The number of nitrogens with one attached hydrogen (secondary N) is 1. The Kier molecular flexibility index (Phi) is 7.36. The zero-order chi connectivity index (χ0) is 20.6. The molecule has 0 radical (unpaired) electrons. The number of methoxy groups -OCH3 is 3. The van der Waals surface area contributed by atoms with Gasteiger partial charge in [-0.1, -0.05) is 24.3 Å². The molecule has 3 rings (SSSR count). The zero-order valence-corrected chi connectivity index (χ0v) is 17.4. The largest absolute Gasteiger partial charge is 0.496 e. The lowest BCUT2D eigenvalue weighted by Crippen LogP contribution is -2.37. The van der Waals surface area contributed by atoms with Gasteiger partial charge in [0.05, 0.1) is 33.8 Å². The lowest BCUT2D eigenvalue weighted by molar-refractivity contribution is -0.120. The normalized spacial score (nSPS) is 15.0. The van der Waals surface area contributed by atoms with Gasteiger partial charge < -0.3 is 19.5 Å². The molecule has 0 saturated carbocycles. The molecule has 1 atom stereocenters. The molecule has 1 unspecified atom stereocenters. The van der Waals surface area contributed by atoms with Crippen LogP contribution in [0.15, 0.2) is 42.5 Å². The molecular formula is C23H30N2O4. The third-order valence-corrected chi connectivity index (χ3v) is 5.38. The molecule has 0 aliphatic carbocycles. The van der Waals surface area contributed by atoms with E-state index in [1.165, 1.54) is 12.8 Å². The molecule has 156 valence electrons. The number of ether oxygens (including phenoxy) is 3. The van der Waals surface area contributed by atoms with Crippen molar-refractivity contribution in [1.29, 1.82) is 0 Å². The standard InChI is InChI=1S/C23H30N2O4/c1-27-20-9-5-4-8-18(20)19(25-12-6-7-13-25)16-24-23(26)15-17-10-11-21(28-2)22(14-17)29-3/h4-5,8-11,14,19H,6-7,12-13,15-16H2,1-3H3,(H,24,26). The molecule has 2 aromatic carbocycles. The number of amides is 1. The summed E-state index contributed by atoms with van der Waals surface area (Å²) in [4.78, 5) is 15.1. The molecule has 1 fully saturated rings. The molecule has 2 aromatic rings. The Labute approximate surface area is 172 Å². The highest BCUT2D eigenvalue weighted by Crippen LogP contribution is 2.31. The van der Waals surface area contributed by atoms with E-state index in [-0.39, 0.29) is 11.9 Å². The maximum Gasteiger partial charge on any atom is 0.224 e.